The molecule has 32 heavy (non-hydrogen) atoms. The molecule has 0 spiro atoms. The molecule has 1 atom stereocenters. The van der Waals surface area contributed by atoms with E-state index < -0.39 is 0 Å². The van der Waals surface area contributed by atoms with Crippen molar-refractivity contribution in [2.45, 2.75) is 38.8 Å². The van der Waals surface area contributed by atoms with E-state index in [-0.39, 0.29) is 12.0 Å². The summed E-state index contributed by atoms with van der Waals surface area (Å²) in [7, 11) is 0. The number of rotatable bonds is 7. The molecular formula is C24H25N5O3. The number of nitrogens with zero attached hydrogens (tertiary/aromatic N) is 5. The fourth-order valence-electron chi connectivity index (χ4n) is 3.99. The van der Waals surface area contributed by atoms with E-state index in [0.717, 1.165) is 48.3 Å². The van der Waals surface area contributed by atoms with Crippen molar-refractivity contribution in [2.75, 3.05) is 13.1 Å². The maximum absolute atomic E-state index is 12.3. The van der Waals surface area contributed by atoms with Crippen LogP contribution in [0.5, 0.6) is 5.75 Å². The van der Waals surface area contributed by atoms with Gasteiger partial charge in [0.2, 0.25) is 11.7 Å². The number of hydrogen-bond donors (Lipinski definition) is 0. The summed E-state index contributed by atoms with van der Waals surface area (Å²) in [6, 6.07) is 15.4. The van der Waals surface area contributed by atoms with Crippen LogP contribution in [0.4, 0.5) is 0 Å². The molecule has 0 aliphatic carbocycles. The molecule has 1 fully saturated rings. The van der Waals surface area contributed by atoms with Gasteiger partial charge in [0.25, 0.3) is 5.89 Å². The third kappa shape index (κ3) is 4.21. The molecule has 1 amide bonds. The van der Waals surface area contributed by atoms with Crippen molar-refractivity contribution >= 4 is 16.9 Å². The van der Waals surface area contributed by atoms with Gasteiger partial charge in [-0.3, -0.25) is 4.79 Å². The number of carbonyl (C=O) groups excluding carboxylic acids is 1. The van der Waals surface area contributed by atoms with Gasteiger partial charge in [0, 0.05) is 31.6 Å². The molecule has 0 radical (unpaired) electrons. The highest BCUT2D eigenvalue weighted by Crippen LogP contribution is 2.25. The van der Waals surface area contributed by atoms with Gasteiger partial charge in [0.1, 0.15) is 5.75 Å². The second kappa shape index (κ2) is 8.82. The van der Waals surface area contributed by atoms with Crippen molar-refractivity contribution in [1.82, 2.24) is 24.6 Å². The number of fused-ring (bicyclic) bond motifs is 1. The molecule has 5 rings (SSSR count). The Hall–Kier alpha value is -3.68. The molecule has 1 aliphatic rings. The third-order valence-corrected chi connectivity index (χ3v) is 5.75. The van der Waals surface area contributed by atoms with Gasteiger partial charge in [-0.1, -0.05) is 23.4 Å². The quantitative estimate of drug-likeness (QED) is 0.435. The largest absolute Gasteiger partial charge is 0.481 e. The van der Waals surface area contributed by atoms with E-state index in [9.17, 15) is 4.79 Å². The average Bonchev–Trinajstić information content (AvgIpc) is 3.59. The number of benzene rings is 2. The van der Waals surface area contributed by atoms with E-state index in [2.05, 4.69) is 15.1 Å². The van der Waals surface area contributed by atoms with Gasteiger partial charge in [-0.25, -0.2) is 4.98 Å². The zero-order chi connectivity index (χ0) is 21.9. The molecule has 8 nitrogen and oxygen atoms in total. The van der Waals surface area contributed by atoms with Crippen LogP contribution in [-0.2, 0) is 11.3 Å². The lowest BCUT2D eigenvalue weighted by molar-refractivity contribution is -0.130. The lowest BCUT2D eigenvalue weighted by atomic mass is 10.2. The number of likely N-dealkylation sites (tertiary alicyclic amines) is 1. The Morgan fingerprint density at radius 1 is 1.16 bits per heavy atom. The highest BCUT2D eigenvalue weighted by Gasteiger charge is 2.19. The number of ether oxygens (including phenoxy) is 1. The predicted molar refractivity (Wildman–Crippen MR) is 119 cm³/mol. The fraction of sp³-hybridized carbons (Fsp3) is 0.333. The minimum Gasteiger partial charge on any atom is -0.481 e. The van der Waals surface area contributed by atoms with Gasteiger partial charge >= 0.3 is 0 Å². The van der Waals surface area contributed by atoms with E-state index in [1.165, 1.54) is 0 Å². The second-order valence-corrected chi connectivity index (χ2v) is 8.01. The van der Waals surface area contributed by atoms with Crippen molar-refractivity contribution in [3.8, 4) is 17.1 Å². The Morgan fingerprint density at radius 3 is 2.78 bits per heavy atom. The Balaban J connectivity index is 1.28. The van der Waals surface area contributed by atoms with Gasteiger partial charge in [-0.2, -0.15) is 4.98 Å². The van der Waals surface area contributed by atoms with Crippen LogP contribution in [0.25, 0.3) is 22.4 Å². The van der Waals surface area contributed by atoms with Crippen LogP contribution in [0.15, 0.2) is 59.4 Å². The fourth-order valence-corrected chi connectivity index (χ4v) is 3.99. The first kappa shape index (κ1) is 20.2. The summed E-state index contributed by atoms with van der Waals surface area (Å²) in [5.41, 5.74) is 2.63. The molecule has 2 aromatic heterocycles. The highest BCUT2D eigenvalue weighted by molar-refractivity contribution is 5.81. The summed E-state index contributed by atoms with van der Waals surface area (Å²) < 4.78 is 13.3. The number of aryl methyl sites for hydroxylation is 1. The Bertz CT molecular complexity index is 1210. The second-order valence-electron chi connectivity index (χ2n) is 8.01. The van der Waals surface area contributed by atoms with Crippen LogP contribution in [0.1, 0.15) is 38.2 Å². The van der Waals surface area contributed by atoms with Crippen molar-refractivity contribution in [1.29, 1.82) is 0 Å². The number of hydrogen-bond acceptors (Lipinski definition) is 6. The van der Waals surface area contributed by atoms with E-state index >= 15 is 0 Å². The number of amides is 1. The lowest BCUT2D eigenvalue weighted by Gasteiger charge is -2.15. The van der Waals surface area contributed by atoms with E-state index in [4.69, 9.17) is 9.26 Å². The summed E-state index contributed by atoms with van der Waals surface area (Å²) >= 11 is 0. The third-order valence-electron chi connectivity index (χ3n) is 5.75. The minimum absolute atomic E-state index is 0.215. The first-order chi connectivity index (χ1) is 15.7. The van der Waals surface area contributed by atoms with Gasteiger partial charge < -0.3 is 18.7 Å². The number of carbonyl (C=O) groups is 1. The predicted octanol–water partition coefficient (Wildman–Crippen LogP) is 4.24. The van der Waals surface area contributed by atoms with E-state index in [1.807, 2.05) is 64.9 Å². The maximum Gasteiger partial charge on any atom is 0.267 e. The molecule has 4 aromatic rings. The van der Waals surface area contributed by atoms with Crippen molar-refractivity contribution in [3.63, 3.8) is 0 Å². The summed E-state index contributed by atoms with van der Waals surface area (Å²) in [6.45, 7) is 4.26. The maximum atomic E-state index is 12.3. The summed E-state index contributed by atoms with van der Waals surface area (Å²) in [5.74, 6) is 1.86. The zero-order valence-electron chi connectivity index (χ0n) is 18.0. The molecule has 0 bridgehead atoms. The highest BCUT2D eigenvalue weighted by atomic mass is 16.5. The Morgan fingerprint density at radius 2 is 1.97 bits per heavy atom. The molecule has 0 unspecified atom stereocenters. The molecule has 2 aromatic carbocycles. The van der Waals surface area contributed by atoms with Gasteiger partial charge in [0.05, 0.1) is 17.4 Å². The van der Waals surface area contributed by atoms with E-state index in [1.54, 1.807) is 6.33 Å². The summed E-state index contributed by atoms with van der Waals surface area (Å²) in [4.78, 5) is 23.3. The van der Waals surface area contributed by atoms with Crippen LogP contribution >= 0.6 is 0 Å². The van der Waals surface area contributed by atoms with Crippen LogP contribution in [0.3, 0.4) is 0 Å². The van der Waals surface area contributed by atoms with E-state index in [0.29, 0.717) is 24.7 Å². The molecule has 8 heteroatoms. The topological polar surface area (TPSA) is 86.3 Å². The van der Waals surface area contributed by atoms with Crippen molar-refractivity contribution in [2.24, 2.45) is 0 Å². The van der Waals surface area contributed by atoms with Crippen LogP contribution < -0.4 is 4.74 Å². The molecule has 164 valence electrons. The zero-order valence-corrected chi connectivity index (χ0v) is 18.0. The SMILES string of the molecule is C[C@@H](Oc1ccccc1)c1nc(-c2ccc3c(c2)ncn3CCC(=O)N2CCCC2)no1. The van der Waals surface area contributed by atoms with Crippen LogP contribution in [0.2, 0.25) is 0 Å². The van der Waals surface area contributed by atoms with Gasteiger partial charge in [-0.15, -0.1) is 0 Å². The van der Waals surface area contributed by atoms with Crippen molar-refractivity contribution < 1.29 is 14.1 Å². The molecular weight excluding hydrogens is 406 g/mol. The lowest BCUT2D eigenvalue weighted by Crippen LogP contribution is -2.28. The Kier molecular flexibility index (Phi) is 5.58. The summed E-state index contributed by atoms with van der Waals surface area (Å²) in [6.07, 6.45) is 4.12. The number of imidazole rings is 1. The Labute approximate surface area is 185 Å². The summed E-state index contributed by atoms with van der Waals surface area (Å²) in [5, 5.41) is 4.12. The molecule has 1 aliphatic heterocycles. The molecule has 1 saturated heterocycles. The first-order valence-corrected chi connectivity index (χ1v) is 11.0. The van der Waals surface area contributed by atoms with Crippen LogP contribution in [0, 0.1) is 0 Å². The van der Waals surface area contributed by atoms with Gasteiger partial charge in [-0.05, 0) is 50.1 Å². The van der Waals surface area contributed by atoms with Crippen molar-refractivity contribution in [3.05, 3.63) is 60.7 Å². The molecule has 3 heterocycles. The minimum atomic E-state index is -0.366. The smallest absolute Gasteiger partial charge is 0.267 e. The standard InChI is InChI=1S/C24H25N5O3/c1-17(31-19-7-3-2-4-8-19)24-26-23(27-32-24)18-9-10-21-20(15-18)25-16-29(21)14-11-22(30)28-12-5-6-13-28/h2-4,7-10,15-17H,5-6,11-14H2,1H3/t17-/m1/s1. The first-order valence-electron chi connectivity index (χ1n) is 11.0. The normalized spacial score (nSPS) is 14.7. The van der Waals surface area contributed by atoms with Crippen LogP contribution in [-0.4, -0.2) is 43.6 Å². The average molecular weight is 431 g/mol. The molecule has 0 N–H and O–H groups in total. The monoisotopic (exact) mass is 431 g/mol. The van der Waals surface area contributed by atoms with Gasteiger partial charge in [0.15, 0.2) is 6.10 Å². The number of para-hydroxylation sites is 1. The molecule has 0 saturated carbocycles. The number of aromatic nitrogens is 4.